The summed E-state index contributed by atoms with van der Waals surface area (Å²) in [6, 6.07) is 5.29. The molecule has 0 aliphatic rings. The van der Waals surface area contributed by atoms with Crippen LogP contribution in [0.2, 0.25) is 5.02 Å². The average molecular weight is 322 g/mol. The van der Waals surface area contributed by atoms with Crippen LogP contribution in [0.4, 0.5) is 0 Å². The van der Waals surface area contributed by atoms with E-state index in [1.807, 2.05) is 12.3 Å². The topological polar surface area (TPSA) is 38.3 Å². The molecule has 0 aliphatic carbocycles. The SMILES string of the molecule is COCC(CCCl)NC(=O)c1cc(SC)ccc1Cl. The first kappa shape index (κ1) is 16.6. The highest BCUT2D eigenvalue weighted by atomic mass is 35.5. The van der Waals surface area contributed by atoms with Crippen molar-refractivity contribution in [1.29, 1.82) is 0 Å². The summed E-state index contributed by atoms with van der Waals surface area (Å²) in [5, 5.41) is 3.33. The first-order valence-electron chi connectivity index (χ1n) is 5.81. The molecule has 0 spiro atoms. The third kappa shape index (κ3) is 5.22. The van der Waals surface area contributed by atoms with E-state index < -0.39 is 0 Å². The molecule has 3 nitrogen and oxygen atoms in total. The van der Waals surface area contributed by atoms with Crippen LogP contribution in [0.3, 0.4) is 0 Å². The minimum Gasteiger partial charge on any atom is -0.383 e. The Balaban J connectivity index is 2.81. The fraction of sp³-hybridized carbons (Fsp3) is 0.462. The number of ether oxygens (including phenoxy) is 1. The summed E-state index contributed by atoms with van der Waals surface area (Å²) in [6.45, 7) is 0.429. The molecule has 1 atom stereocenters. The van der Waals surface area contributed by atoms with Crippen molar-refractivity contribution in [2.24, 2.45) is 0 Å². The maximum absolute atomic E-state index is 12.2. The van der Waals surface area contributed by atoms with Gasteiger partial charge in [0.25, 0.3) is 5.91 Å². The molecule has 0 saturated carbocycles. The summed E-state index contributed by atoms with van der Waals surface area (Å²) in [5.74, 6) is 0.264. The Labute approximate surface area is 128 Å². The quantitative estimate of drug-likeness (QED) is 0.617. The predicted molar refractivity (Wildman–Crippen MR) is 81.7 cm³/mol. The second-order valence-electron chi connectivity index (χ2n) is 3.95. The van der Waals surface area contributed by atoms with Gasteiger partial charge in [0.15, 0.2) is 0 Å². The third-order valence-electron chi connectivity index (χ3n) is 2.58. The van der Waals surface area contributed by atoms with Crippen molar-refractivity contribution in [1.82, 2.24) is 5.32 Å². The van der Waals surface area contributed by atoms with Crippen LogP contribution in [0, 0.1) is 0 Å². The summed E-state index contributed by atoms with van der Waals surface area (Å²) >= 11 is 13.3. The number of halogens is 2. The van der Waals surface area contributed by atoms with Crippen LogP contribution in [0.5, 0.6) is 0 Å². The zero-order valence-corrected chi connectivity index (χ0v) is 13.2. The number of carbonyl (C=O) groups is 1. The van der Waals surface area contributed by atoms with E-state index in [1.54, 1.807) is 31.0 Å². The Bertz CT molecular complexity index is 423. The molecule has 106 valence electrons. The minimum absolute atomic E-state index is 0.107. The molecule has 1 amide bonds. The summed E-state index contributed by atoms with van der Waals surface area (Å²) in [5.41, 5.74) is 0.476. The fourth-order valence-corrected chi connectivity index (χ4v) is 2.51. The largest absolute Gasteiger partial charge is 0.383 e. The molecule has 1 rings (SSSR count). The molecule has 0 bridgehead atoms. The lowest BCUT2D eigenvalue weighted by Gasteiger charge is -2.17. The number of nitrogens with one attached hydrogen (secondary N) is 1. The van der Waals surface area contributed by atoms with Gasteiger partial charge in [-0.15, -0.1) is 23.4 Å². The van der Waals surface area contributed by atoms with Gasteiger partial charge in [-0.25, -0.2) is 0 Å². The maximum atomic E-state index is 12.2. The molecule has 19 heavy (non-hydrogen) atoms. The van der Waals surface area contributed by atoms with Gasteiger partial charge in [-0.05, 0) is 30.9 Å². The van der Waals surface area contributed by atoms with Gasteiger partial charge < -0.3 is 10.1 Å². The highest BCUT2D eigenvalue weighted by molar-refractivity contribution is 7.98. The van der Waals surface area contributed by atoms with Gasteiger partial charge in [0.05, 0.1) is 23.2 Å². The Hall–Kier alpha value is -0.420. The third-order valence-corrected chi connectivity index (χ3v) is 3.85. The Morgan fingerprint density at radius 1 is 1.53 bits per heavy atom. The van der Waals surface area contributed by atoms with Crippen LogP contribution >= 0.6 is 35.0 Å². The first-order valence-corrected chi connectivity index (χ1v) is 7.95. The molecule has 0 saturated heterocycles. The van der Waals surface area contributed by atoms with Crippen molar-refractivity contribution >= 4 is 40.9 Å². The number of hydrogen-bond acceptors (Lipinski definition) is 3. The second kappa shape index (κ2) is 8.69. The fourth-order valence-electron chi connectivity index (χ4n) is 1.60. The maximum Gasteiger partial charge on any atom is 0.253 e. The van der Waals surface area contributed by atoms with Gasteiger partial charge in [-0.3, -0.25) is 4.79 Å². The second-order valence-corrected chi connectivity index (χ2v) is 5.61. The van der Waals surface area contributed by atoms with E-state index in [9.17, 15) is 4.79 Å². The van der Waals surface area contributed by atoms with Crippen LogP contribution in [0.15, 0.2) is 23.1 Å². The van der Waals surface area contributed by atoms with E-state index >= 15 is 0 Å². The number of carbonyl (C=O) groups excluding carboxylic acids is 1. The van der Waals surface area contributed by atoms with Crippen LogP contribution < -0.4 is 5.32 Å². The van der Waals surface area contributed by atoms with Gasteiger partial charge in [0.1, 0.15) is 0 Å². The van der Waals surface area contributed by atoms with Crippen LogP contribution in [-0.4, -0.2) is 37.8 Å². The smallest absolute Gasteiger partial charge is 0.253 e. The number of amides is 1. The summed E-state index contributed by atoms with van der Waals surface area (Å²) in [4.78, 5) is 13.2. The standard InChI is InChI=1S/C13H17Cl2NO2S/c1-18-8-9(5-6-14)16-13(17)11-7-10(19-2)3-4-12(11)15/h3-4,7,9H,5-6,8H2,1-2H3,(H,16,17). The zero-order valence-electron chi connectivity index (χ0n) is 10.9. The van der Waals surface area contributed by atoms with E-state index in [1.165, 1.54) is 0 Å². The summed E-state index contributed by atoms with van der Waals surface area (Å²) < 4.78 is 5.06. The van der Waals surface area contributed by atoms with Crippen molar-refractivity contribution in [2.45, 2.75) is 17.4 Å². The highest BCUT2D eigenvalue weighted by Gasteiger charge is 2.16. The van der Waals surface area contributed by atoms with Crippen LogP contribution in [-0.2, 0) is 4.74 Å². The lowest BCUT2D eigenvalue weighted by Crippen LogP contribution is -2.38. The van der Waals surface area contributed by atoms with E-state index in [0.29, 0.717) is 29.5 Å². The molecule has 1 aromatic rings. The molecular formula is C13H17Cl2NO2S. The summed E-state index contributed by atoms with van der Waals surface area (Å²) in [7, 11) is 1.59. The molecule has 0 aliphatic heterocycles. The van der Waals surface area contributed by atoms with E-state index in [0.717, 1.165) is 4.90 Å². The molecule has 6 heteroatoms. The Morgan fingerprint density at radius 3 is 2.84 bits per heavy atom. The monoisotopic (exact) mass is 321 g/mol. The van der Waals surface area contributed by atoms with Crippen LogP contribution in [0.1, 0.15) is 16.8 Å². The molecule has 0 heterocycles. The van der Waals surface area contributed by atoms with Crippen molar-refractivity contribution in [3.8, 4) is 0 Å². The van der Waals surface area contributed by atoms with Crippen LogP contribution in [0.25, 0.3) is 0 Å². The van der Waals surface area contributed by atoms with Gasteiger partial charge in [-0.2, -0.15) is 0 Å². The van der Waals surface area contributed by atoms with Crippen molar-refractivity contribution in [3.05, 3.63) is 28.8 Å². The predicted octanol–water partition coefficient (Wildman–Crippen LogP) is 3.44. The zero-order chi connectivity index (χ0) is 14.3. The normalized spacial score (nSPS) is 12.2. The molecule has 0 aromatic heterocycles. The van der Waals surface area contributed by atoms with Crippen molar-refractivity contribution in [3.63, 3.8) is 0 Å². The van der Waals surface area contributed by atoms with Crippen molar-refractivity contribution < 1.29 is 9.53 Å². The number of hydrogen-bond donors (Lipinski definition) is 1. The molecule has 1 N–H and O–H groups in total. The van der Waals surface area contributed by atoms with E-state index in [-0.39, 0.29) is 11.9 Å². The Kier molecular flexibility index (Phi) is 7.61. The van der Waals surface area contributed by atoms with E-state index in [2.05, 4.69) is 5.32 Å². The molecule has 1 unspecified atom stereocenters. The van der Waals surface area contributed by atoms with Gasteiger partial charge in [-0.1, -0.05) is 11.6 Å². The lowest BCUT2D eigenvalue weighted by molar-refractivity contribution is 0.0895. The average Bonchev–Trinajstić information content (AvgIpc) is 2.39. The molecule has 0 radical (unpaired) electrons. The number of thioether (sulfide) groups is 1. The summed E-state index contributed by atoms with van der Waals surface area (Å²) in [6.07, 6.45) is 2.60. The minimum atomic E-state index is -0.201. The molecule has 0 fully saturated rings. The number of benzene rings is 1. The number of methoxy groups -OCH3 is 1. The molecular weight excluding hydrogens is 305 g/mol. The first-order chi connectivity index (χ1) is 9.12. The molecule has 1 aromatic carbocycles. The highest BCUT2D eigenvalue weighted by Crippen LogP contribution is 2.23. The number of alkyl halides is 1. The number of rotatable bonds is 7. The lowest BCUT2D eigenvalue weighted by atomic mass is 10.1. The Morgan fingerprint density at radius 2 is 2.26 bits per heavy atom. The van der Waals surface area contributed by atoms with Gasteiger partial charge >= 0.3 is 0 Å². The van der Waals surface area contributed by atoms with E-state index in [4.69, 9.17) is 27.9 Å². The van der Waals surface area contributed by atoms with Crippen molar-refractivity contribution in [2.75, 3.05) is 25.9 Å². The van der Waals surface area contributed by atoms with Gasteiger partial charge in [0, 0.05) is 17.9 Å². The van der Waals surface area contributed by atoms with Gasteiger partial charge in [0.2, 0.25) is 0 Å².